The van der Waals surface area contributed by atoms with Gasteiger partial charge in [-0.3, -0.25) is 0 Å². The zero-order chi connectivity index (χ0) is 12.4. The molecule has 0 saturated heterocycles. The summed E-state index contributed by atoms with van der Waals surface area (Å²) in [6, 6.07) is 8.09. The van der Waals surface area contributed by atoms with Crippen LogP contribution in [0.4, 0.5) is 0 Å². The normalized spacial score (nSPS) is 10.6. The highest BCUT2D eigenvalue weighted by atomic mass is 79.9. The highest BCUT2D eigenvalue weighted by molar-refractivity contribution is 9.10. The van der Waals surface area contributed by atoms with E-state index in [1.54, 1.807) is 11.8 Å². The second-order valence-corrected chi connectivity index (χ2v) is 5.94. The summed E-state index contributed by atoms with van der Waals surface area (Å²) in [5.74, 6) is 0. The molecule has 1 heterocycles. The number of halogens is 2. The number of hydrogen-bond acceptors (Lipinski definition) is 3. The first-order valence-corrected chi connectivity index (χ1v) is 6.99. The van der Waals surface area contributed by atoms with Crippen LogP contribution in [-0.2, 0) is 0 Å². The maximum atomic E-state index is 5.92. The van der Waals surface area contributed by atoms with E-state index in [1.165, 1.54) is 0 Å². The van der Waals surface area contributed by atoms with Crippen LogP contribution in [0.25, 0.3) is 0 Å². The van der Waals surface area contributed by atoms with Crippen molar-refractivity contribution in [2.75, 3.05) is 0 Å². The van der Waals surface area contributed by atoms with Crippen molar-refractivity contribution in [2.45, 2.75) is 23.8 Å². The van der Waals surface area contributed by atoms with Crippen molar-refractivity contribution in [3.8, 4) is 0 Å². The minimum absolute atomic E-state index is 0.473. The Morgan fingerprint density at radius 1 is 1.18 bits per heavy atom. The first kappa shape index (κ1) is 12.9. The lowest BCUT2D eigenvalue weighted by Gasteiger charge is -2.07. The molecule has 0 N–H and O–H groups in total. The molecule has 0 radical (unpaired) electrons. The molecule has 1 aromatic heterocycles. The zero-order valence-electron chi connectivity index (χ0n) is 9.37. The lowest BCUT2D eigenvalue weighted by Crippen LogP contribution is -1.95. The van der Waals surface area contributed by atoms with Gasteiger partial charge in [0.1, 0.15) is 5.03 Å². The molecular weight excluding hydrogens is 320 g/mol. The van der Waals surface area contributed by atoms with E-state index < -0.39 is 0 Å². The van der Waals surface area contributed by atoms with E-state index in [-0.39, 0.29) is 0 Å². The molecule has 0 atom stereocenters. The summed E-state index contributed by atoms with van der Waals surface area (Å²) in [5.41, 5.74) is 2.06. The molecule has 0 bridgehead atoms. The third-order valence-electron chi connectivity index (χ3n) is 2.43. The number of rotatable bonds is 2. The van der Waals surface area contributed by atoms with Gasteiger partial charge in [-0.2, -0.15) is 0 Å². The van der Waals surface area contributed by atoms with Crippen molar-refractivity contribution in [1.82, 2.24) is 10.2 Å². The van der Waals surface area contributed by atoms with Crippen LogP contribution in [0.3, 0.4) is 0 Å². The van der Waals surface area contributed by atoms with Crippen LogP contribution < -0.4 is 0 Å². The van der Waals surface area contributed by atoms with Gasteiger partial charge in [0.2, 0.25) is 0 Å². The second kappa shape index (κ2) is 5.38. The summed E-state index contributed by atoms with van der Waals surface area (Å²) in [7, 11) is 0. The molecule has 2 aromatic rings. The molecule has 17 heavy (non-hydrogen) atoms. The third-order valence-corrected chi connectivity index (χ3v) is 4.36. The van der Waals surface area contributed by atoms with E-state index >= 15 is 0 Å². The van der Waals surface area contributed by atoms with Gasteiger partial charge in [-0.15, -0.1) is 10.2 Å². The molecule has 0 unspecified atom stereocenters. The summed E-state index contributed by atoms with van der Waals surface area (Å²) >= 11 is 11.0. The summed E-state index contributed by atoms with van der Waals surface area (Å²) in [6.45, 7) is 3.97. The number of benzene rings is 1. The predicted molar refractivity (Wildman–Crippen MR) is 74.8 cm³/mol. The molecule has 0 amide bonds. The third kappa shape index (κ3) is 3.00. The Bertz CT molecular complexity index is 560. The fourth-order valence-corrected chi connectivity index (χ4v) is 2.97. The average molecular weight is 330 g/mol. The molecule has 1 aromatic carbocycles. The Morgan fingerprint density at radius 2 is 1.94 bits per heavy atom. The smallest absolute Gasteiger partial charge is 0.142 e. The molecule has 2 nitrogen and oxygen atoms in total. The van der Waals surface area contributed by atoms with Crippen molar-refractivity contribution in [3.05, 3.63) is 45.0 Å². The zero-order valence-corrected chi connectivity index (χ0v) is 12.5. The molecule has 0 fully saturated rings. The minimum Gasteiger partial charge on any atom is -0.142 e. The van der Waals surface area contributed by atoms with Gasteiger partial charge in [0, 0.05) is 9.37 Å². The molecule has 88 valence electrons. The second-order valence-electron chi connectivity index (χ2n) is 3.61. The molecule has 0 aliphatic carbocycles. The van der Waals surface area contributed by atoms with Crippen molar-refractivity contribution < 1.29 is 0 Å². The van der Waals surface area contributed by atoms with E-state index in [1.807, 2.05) is 32.0 Å². The van der Waals surface area contributed by atoms with Crippen molar-refractivity contribution in [1.29, 1.82) is 0 Å². The summed E-state index contributed by atoms with van der Waals surface area (Å²) in [5, 5.41) is 9.44. The molecule has 0 aliphatic heterocycles. The topological polar surface area (TPSA) is 25.8 Å². The molecule has 0 aliphatic rings. The van der Waals surface area contributed by atoms with Gasteiger partial charge in [0.25, 0.3) is 0 Å². The Labute approximate surface area is 118 Å². The Kier molecular flexibility index (Phi) is 4.07. The van der Waals surface area contributed by atoms with Crippen molar-refractivity contribution in [3.63, 3.8) is 0 Å². The van der Waals surface area contributed by atoms with Gasteiger partial charge in [0.05, 0.1) is 0 Å². The molecule has 0 saturated carbocycles. The highest BCUT2D eigenvalue weighted by Crippen LogP contribution is 2.32. The summed E-state index contributed by atoms with van der Waals surface area (Å²) in [4.78, 5) is 1.12. The van der Waals surface area contributed by atoms with Gasteiger partial charge in [-0.1, -0.05) is 45.4 Å². The summed E-state index contributed by atoms with van der Waals surface area (Å²) < 4.78 is 1.05. The lowest BCUT2D eigenvalue weighted by molar-refractivity contribution is 0.891. The van der Waals surface area contributed by atoms with Crippen LogP contribution in [0.5, 0.6) is 0 Å². The Balaban J connectivity index is 2.34. The van der Waals surface area contributed by atoms with Gasteiger partial charge in [-0.05, 0) is 43.2 Å². The first-order valence-electron chi connectivity index (χ1n) is 5.00. The molecule has 5 heteroatoms. The van der Waals surface area contributed by atoms with Crippen LogP contribution in [0.2, 0.25) is 5.15 Å². The monoisotopic (exact) mass is 328 g/mol. The van der Waals surface area contributed by atoms with Gasteiger partial charge in [0.15, 0.2) is 5.15 Å². The number of aromatic nitrogens is 2. The van der Waals surface area contributed by atoms with Crippen molar-refractivity contribution >= 4 is 39.3 Å². The number of hydrogen-bond donors (Lipinski definition) is 0. The van der Waals surface area contributed by atoms with Crippen LogP contribution in [0.15, 0.2) is 38.7 Å². The molecule has 2 rings (SSSR count). The molecule has 0 spiro atoms. The Hall–Kier alpha value is -0.580. The highest BCUT2D eigenvalue weighted by Gasteiger charge is 2.09. The van der Waals surface area contributed by atoms with Crippen LogP contribution in [-0.4, -0.2) is 10.2 Å². The first-order chi connectivity index (χ1) is 8.08. The minimum atomic E-state index is 0.473. The van der Waals surface area contributed by atoms with E-state index in [2.05, 4.69) is 32.2 Å². The average Bonchev–Trinajstić information content (AvgIpc) is 2.30. The summed E-state index contributed by atoms with van der Waals surface area (Å²) in [6.07, 6.45) is 0. The maximum absolute atomic E-state index is 5.92. The van der Waals surface area contributed by atoms with E-state index in [0.29, 0.717) is 5.15 Å². The van der Waals surface area contributed by atoms with Crippen LogP contribution >= 0.6 is 39.3 Å². The van der Waals surface area contributed by atoms with Crippen LogP contribution in [0, 0.1) is 13.8 Å². The number of nitrogens with zero attached hydrogens (tertiary/aromatic N) is 2. The van der Waals surface area contributed by atoms with E-state index in [9.17, 15) is 0 Å². The quantitative estimate of drug-likeness (QED) is 0.801. The van der Waals surface area contributed by atoms with E-state index in [4.69, 9.17) is 11.6 Å². The Morgan fingerprint density at radius 3 is 2.65 bits per heavy atom. The fourth-order valence-electron chi connectivity index (χ4n) is 1.29. The van der Waals surface area contributed by atoms with Gasteiger partial charge < -0.3 is 0 Å². The SMILES string of the molecule is Cc1c(Cl)nnc(Sc2cccc(Br)c2)c1C. The van der Waals surface area contributed by atoms with Crippen molar-refractivity contribution in [2.24, 2.45) is 0 Å². The van der Waals surface area contributed by atoms with Gasteiger partial charge in [-0.25, -0.2) is 0 Å². The largest absolute Gasteiger partial charge is 0.154 e. The van der Waals surface area contributed by atoms with E-state index in [0.717, 1.165) is 25.5 Å². The standard InChI is InChI=1S/C12H10BrClN2S/c1-7-8(2)12(16-15-11(7)14)17-10-5-3-4-9(13)6-10/h3-6H,1-2H3. The van der Waals surface area contributed by atoms with Crippen LogP contribution in [0.1, 0.15) is 11.1 Å². The lowest BCUT2D eigenvalue weighted by atomic mass is 10.2. The predicted octanol–water partition coefficient (Wildman–Crippen LogP) is 4.66. The molecular formula is C12H10BrClN2S. The fraction of sp³-hybridized carbons (Fsp3) is 0.167. The maximum Gasteiger partial charge on any atom is 0.154 e. The van der Waals surface area contributed by atoms with Gasteiger partial charge >= 0.3 is 0 Å².